The molecular formula is C17H14BrClN2O. The van der Waals surface area contributed by atoms with Gasteiger partial charge in [0.1, 0.15) is 5.15 Å². The number of hydrogen-bond acceptors (Lipinski definition) is 2. The second kappa shape index (κ2) is 5.86. The van der Waals surface area contributed by atoms with E-state index >= 15 is 0 Å². The highest BCUT2D eigenvalue weighted by Crippen LogP contribution is 2.25. The molecule has 0 fully saturated rings. The molecule has 0 spiro atoms. The maximum absolute atomic E-state index is 11.9. The van der Waals surface area contributed by atoms with Gasteiger partial charge in [0, 0.05) is 27.7 Å². The lowest BCUT2D eigenvalue weighted by Gasteiger charge is -2.11. The van der Waals surface area contributed by atoms with Crippen LogP contribution in [0.5, 0.6) is 0 Å². The van der Waals surface area contributed by atoms with Crippen LogP contribution in [0.4, 0.5) is 0 Å². The van der Waals surface area contributed by atoms with Crippen LogP contribution in [0.25, 0.3) is 10.9 Å². The third-order valence-corrected chi connectivity index (χ3v) is 4.62. The summed E-state index contributed by atoms with van der Waals surface area (Å²) in [5.41, 5.74) is 3.99. The van der Waals surface area contributed by atoms with Gasteiger partial charge in [0.05, 0.1) is 12.1 Å². The smallest absolute Gasteiger partial charge is 0.250 e. The molecule has 5 heteroatoms. The molecule has 0 aliphatic rings. The topological polar surface area (TPSA) is 34.9 Å². The lowest BCUT2D eigenvalue weighted by Crippen LogP contribution is -2.19. The van der Waals surface area contributed by atoms with Crippen molar-refractivity contribution < 1.29 is 0 Å². The van der Waals surface area contributed by atoms with Crippen molar-refractivity contribution in [1.29, 1.82) is 0 Å². The van der Waals surface area contributed by atoms with Gasteiger partial charge in [0.15, 0.2) is 0 Å². The highest BCUT2D eigenvalue weighted by Gasteiger charge is 2.09. The van der Waals surface area contributed by atoms with E-state index in [1.807, 2.05) is 19.1 Å². The number of aromatic nitrogens is 2. The van der Waals surface area contributed by atoms with Gasteiger partial charge in [-0.3, -0.25) is 4.79 Å². The predicted octanol–water partition coefficient (Wildman–Crippen LogP) is 4.48. The second-order valence-corrected chi connectivity index (χ2v) is 6.60. The molecule has 0 amide bonds. The molecule has 0 N–H and O–H groups in total. The van der Waals surface area contributed by atoms with Crippen molar-refractivity contribution in [2.75, 3.05) is 0 Å². The van der Waals surface area contributed by atoms with E-state index in [0.29, 0.717) is 11.7 Å². The first-order valence-corrected chi connectivity index (χ1v) is 8.04. The molecular weight excluding hydrogens is 364 g/mol. The van der Waals surface area contributed by atoms with Crippen molar-refractivity contribution in [2.45, 2.75) is 20.4 Å². The molecule has 112 valence electrons. The zero-order valence-corrected chi connectivity index (χ0v) is 14.6. The van der Waals surface area contributed by atoms with E-state index in [-0.39, 0.29) is 5.56 Å². The van der Waals surface area contributed by atoms with Crippen LogP contribution in [0.1, 0.15) is 16.7 Å². The van der Waals surface area contributed by atoms with Gasteiger partial charge in [0.2, 0.25) is 0 Å². The molecule has 3 rings (SSSR count). The molecule has 0 atom stereocenters. The van der Waals surface area contributed by atoms with Crippen molar-refractivity contribution in [2.24, 2.45) is 0 Å². The van der Waals surface area contributed by atoms with Crippen molar-refractivity contribution >= 4 is 38.4 Å². The van der Waals surface area contributed by atoms with E-state index < -0.39 is 0 Å². The van der Waals surface area contributed by atoms with Gasteiger partial charge in [0.25, 0.3) is 5.56 Å². The number of nitrogens with zero attached hydrogens (tertiary/aromatic N) is 2. The Labute approximate surface area is 141 Å². The summed E-state index contributed by atoms with van der Waals surface area (Å²) in [6.07, 6.45) is 1.75. The van der Waals surface area contributed by atoms with Crippen LogP contribution in [0.3, 0.4) is 0 Å². The average Bonchev–Trinajstić information content (AvgIpc) is 2.48. The van der Waals surface area contributed by atoms with Crippen molar-refractivity contribution in [3.8, 4) is 0 Å². The lowest BCUT2D eigenvalue weighted by molar-refractivity contribution is 0.755. The number of pyridine rings is 2. The molecule has 3 aromatic rings. The second-order valence-electron chi connectivity index (χ2n) is 5.33. The van der Waals surface area contributed by atoms with Gasteiger partial charge in [-0.2, -0.15) is 0 Å². The SMILES string of the molecule is Cc1ccc2cc(Cn3cc(Br)ccc3=O)c(Cl)nc2c1C. The monoisotopic (exact) mass is 376 g/mol. The van der Waals surface area contributed by atoms with Crippen molar-refractivity contribution in [1.82, 2.24) is 9.55 Å². The maximum Gasteiger partial charge on any atom is 0.250 e. The number of hydrogen-bond donors (Lipinski definition) is 0. The summed E-state index contributed by atoms with van der Waals surface area (Å²) in [4.78, 5) is 16.5. The molecule has 1 aromatic carbocycles. The molecule has 2 heterocycles. The van der Waals surface area contributed by atoms with Gasteiger partial charge < -0.3 is 4.57 Å². The van der Waals surface area contributed by atoms with Gasteiger partial charge in [-0.25, -0.2) is 4.98 Å². The quantitative estimate of drug-likeness (QED) is 0.617. The minimum Gasteiger partial charge on any atom is -0.310 e. The normalized spacial score (nSPS) is 11.1. The van der Waals surface area contributed by atoms with Crippen LogP contribution in [-0.2, 0) is 6.54 Å². The van der Waals surface area contributed by atoms with Crippen molar-refractivity contribution in [3.05, 3.63) is 73.2 Å². The first kappa shape index (κ1) is 15.3. The molecule has 0 saturated carbocycles. The maximum atomic E-state index is 11.9. The average molecular weight is 378 g/mol. The zero-order valence-electron chi connectivity index (χ0n) is 12.2. The Morgan fingerprint density at radius 3 is 2.77 bits per heavy atom. The fourth-order valence-electron chi connectivity index (χ4n) is 2.42. The Hall–Kier alpha value is -1.65. The Morgan fingerprint density at radius 1 is 1.23 bits per heavy atom. The molecule has 0 saturated heterocycles. The fraction of sp³-hybridized carbons (Fsp3) is 0.176. The molecule has 22 heavy (non-hydrogen) atoms. The van der Waals surface area contributed by atoms with E-state index in [9.17, 15) is 4.79 Å². The number of benzene rings is 1. The van der Waals surface area contributed by atoms with Gasteiger partial charge in [-0.1, -0.05) is 23.7 Å². The van der Waals surface area contributed by atoms with Crippen LogP contribution in [0, 0.1) is 13.8 Å². The largest absolute Gasteiger partial charge is 0.310 e. The van der Waals surface area contributed by atoms with Crippen LogP contribution in [0.15, 0.2) is 45.8 Å². The number of aryl methyl sites for hydroxylation is 2. The minimum absolute atomic E-state index is 0.0700. The summed E-state index contributed by atoms with van der Waals surface area (Å²) in [6.45, 7) is 4.49. The number of fused-ring (bicyclic) bond motifs is 1. The van der Waals surface area contributed by atoms with Gasteiger partial charge in [-0.15, -0.1) is 0 Å². The van der Waals surface area contributed by atoms with E-state index in [4.69, 9.17) is 11.6 Å². The first-order valence-electron chi connectivity index (χ1n) is 6.87. The zero-order chi connectivity index (χ0) is 15.9. The molecule has 0 aliphatic carbocycles. The molecule has 2 aromatic heterocycles. The summed E-state index contributed by atoms with van der Waals surface area (Å²) in [5, 5.41) is 1.47. The lowest BCUT2D eigenvalue weighted by atomic mass is 10.0. The fourth-order valence-corrected chi connectivity index (χ4v) is 3.00. The summed E-state index contributed by atoms with van der Waals surface area (Å²) in [7, 11) is 0. The number of rotatable bonds is 2. The van der Waals surface area contributed by atoms with Crippen LogP contribution in [-0.4, -0.2) is 9.55 Å². The Morgan fingerprint density at radius 2 is 2.00 bits per heavy atom. The van der Waals surface area contributed by atoms with Crippen molar-refractivity contribution in [3.63, 3.8) is 0 Å². The Kier molecular flexibility index (Phi) is 4.06. The predicted molar refractivity (Wildman–Crippen MR) is 93.7 cm³/mol. The molecule has 0 radical (unpaired) electrons. The highest BCUT2D eigenvalue weighted by molar-refractivity contribution is 9.10. The highest BCUT2D eigenvalue weighted by atomic mass is 79.9. The standard InChI is InChI=1S/C17H14BrClN2O/c1-10-3-4-12-7-13(17(19)20-16(12)11(10)2)8-21-9-14(18)5-6-15(21)22/h3-7,9H,8H2,1-2H3. The summed E-state index contributed by atoms with van der Waals surface area (Å²) in [5.74, 6) is 0. The summed E-state index contributed by atoms with van der Waals surface area (Å²) in [6, 6.07) is 9.37. The minimum atomic E-state index is -0.0700. The third-order valence-electron chi connectivity index (χ3n) is 3.83. The Balaban J connectivity index is 2.12. The van der Waals surface area contributed by atoms with E-state index in [0.717, 1.165) is 26.5 Å². The van der Waals surface area contributed by atoms with Gasteiger partial charge in [-0.05, 0) is 53.0 Å². The van der Waals surface area contributed by atoms with Crippen LogP contribution >= 0.6 is 27.5 Å². The molecule has 0 unspecified atom stereocenters. The molecule has 0 bridgehead atoms. The van der Waals surface area contributed by atoms with E-state index in [2.05, 4.69) is 33.9 Å². The number of halogens is 2. The van der Waals surface area contributed by atoms with Gasteiger partial charge >= 0.3 is 0 Å². The first-order chi connectivity index (χ1) is 10.5. The third kappa shape index (κ3) is 2.81. The van der Waals surface area contributed by atoms with E-state index in [1.165, 1.54) is 11.6 Å². The summed E-state index contributed by atoms with van der Waals surface area (Å²) >= 11 is 9.71. The molecule has 3 nitrogen and oxygen atoms in total. The van der Waals surface area contributed by atoms with Crippen LogP contribution < -0.4 is 5.56 Å². The molecule has 0 aliphatic heterocycles. The van der Waals surface area contributed by atoms with Crippen LogP contribution in [0.2, 0.25) is 5.15 Å². The summed E-state index contributed by atoms with van der Waals surface area (Å²) < 4.78 is 2.46. The Bertz CT molecular complexity index is 934. The van der Waals surface area contributed by atoms with E-state index in [1.54, 1.807) is 16.8 Å².